The lowest BCUT2D eigenvalue weighted by atomic mass is 9.46. The van der Waals surface area contributed by atoms with Gasteiger partial charge in [0.05, 0.1) is 6.10 Å². The first kappa shape index (κ1) is 25.0. The standard InChI is InChI=1S/C30H44O5/c1-16-13-26(35-28(33)17(16)2)18(3)23-9-10-24-22-8-7-20-14-21(32)15-27(34-19(4)31)30(20,6)25(22)11-12-29(23,24)5/h7,18,21-27,32H,8-15H2,1-6H3. The Bertz CT molecular complexity index is 964. The van der Waals surface area contributed by atoms with Crippen molar-refractivity contribution in [1.82, 2.24) is 0 Å². The molecule has 5 heteroatoms. The quantitative estimate of drug-likeness (QED) is 0.407. The summed E-state index contributed by atoms with van der Waals surface area (Å²) in [5.74, 6) is 2.20. The van der Waals surface area contributed by atoms with E-state index in [9.17, 15) is 14.7 Å². The van der Waals surface area contributed by atoms with Crippen LogP contribution in [0.15, 0.2) is 22.8 Å². The van der Waals surface area contributed by atoms with E-state index < -0.39 is 6.10 Å². The van der Waals surface area contributed by atoms with Crippen molar-refractivity contribution in [2.24, 2.45) is 40.4 Å². The summed E-state index contributed by atoms with van der Waals surface area (Å²) in [6, 6.07) is 0. The largest absolute Gasteiger partial charge is 0.462 e. The molecule has 0 aromatic heterocycles. The molecule has 0 saturated heterocycles. The van der Waals surface area contributed by atoms with Crippen LogP contribution in [0.4, 0.5) is 0 Å². The molecule has 5 aliphatic rings. The van der Waals surface area contributed by atoms with Crippen LogP contribution in [0.1, 0.15) is 92.9 Å². The number of hydrogen-bond donors (Lipinski definition) is 1. The number of cyclic esters (lactones) is 1. The number of carbonyl (C=O) groups excluding carboxylic acids is 2. The summed E-state index contributed by atoms with van der Waals surface area (Å²) < 4.78 is 11.8. The Balaban J connectivity index is 1.40. The van der Waals surface area contributed by atoms with Crippen molar-refractivity contribution in [2.75, 3.05) is 0 Å². The van der Waals surface area contributed by atoms with Crippen LogP contribution in [-0.4, -0.2) is 35.4 Å². The van der Waals surface area contributed by atoms with Gasteiger partial charge in [-0.25, -0.2) is 4.79 Å². The molecule has 3 saturated carbocycles. The molecule has 3 fully saturated rings. The van der Waals surface area contributed by atoms with E-state index in [4.69, 9.17) is 9.47 Å². The van der Waals surface area contributed by atoms with Crippen LogP contribution in [-0.2, 0) is 19.1 Å². The van der Waals surface area contributed by atoms with E-state index in [1.165, 1.54) is 37.3 Å². The zero-order valence-corrected chi connectivity index (χ0v) is 22.4. The summed E-state index contributed by atoms with van der Waals surface area (Å²) in [5, 5.41) is 10.5. The maximum absolute atomic E-state index is 12.4. The normalized spacial score (nSPS) is 46.1. The van der Waals surface area contributed by atoms with Crippen LogP contribution in [0, 0.1) is 40.4 Å². The Kier molecular flexibility index (Phi) is 6.26. The molecule has 35 heavy (non-hydrogen) atoms. The number of ether oxygens (including phenoxy) is 2. The van der Waals surface area contributed by atoms with Crippen molar-refractivity contribution in [2.45, 2.75) is 111 Å². The van der Waals surface area contributed by atoms with Crippen LogP contribution in [0.3, 0.4) is 0 Å². The average molecular weight is 485 g/mol. The van der Waals surface area contributed by atoms with E-state index in [1.807, 2.05) is 6.92 Å². The second-order valence-corrected chi connectivity index (χ2v) is 13.0. The van der Waals surface area contributed by atoms with Gasteiger partial charge in [-0.2, -0.15) is 0 Å². The first-order chi connectivity index (χ1) is 16.5. The fourth-order valence-corrected chi connectivity index (χ4v) is 9.40. The molecule has 0 radical (unpaired) electrons. The topological polar surface area (TPSA) is 72.8 Å². The minimum atomic E-state index is -0.430. The number of fused-ring (bicyclic) bond motifs is 5. The van der Waals surface area contributed by atoms with Crippen molar-refractivity contribution in [3.63, 3.8) is 0 Å². The molecule has 10 atom stereocenters. The Hall–Kier alpha value is -1.62. The molecule has 10 unspecified atom stereocenters. The lowest BCUT2D eigenvalue weighted by Gasteiger charge is -2.60. The van der Waals surface area contributed by atoms with Gasteiger partial charge in [-0.1, -0.05) is 38.0 Å². The summed E-state index contributed by atoms with van der Waals surface area (Å²) in [6.45, 7) is 12.6. The van der Waals surface area contributed by atoms with Crippen molar-refractivity contribution in [3.8, 4) is 0 Å². The van der Waals surface area contributed by atoms with Crippen molar-refractivity contribution in [1.29, 1.82) is 0 Å². The third-order valence-electron chi connectivity index (χ3n) is 11.5. The van der Waals surface area contributed by atoms with Crippen LogP contribution in [0.5, 0.6) is 0 Å². The van der Waals surface area contributed by atoms with Gasteiger partial charge in [-0.05, 0) is 87.4 Å². The fraction of sp³-hybridized carbons (Fsp3) is 0.800. The predicted octanol–water partition coefficient (Wildman–Crippen LogP) is 5.76. The monoisotopic (exact) mass is 484 g/mol. The summed E-state index contributed by atoms with van der Waals surface area (Å²) >= 11 is 0. The number of carbonyl (C=O) groups is 2. The molecule has 5 rings (SSSR count). The van der Waals surface area contributed by atoms with Crippen LogP contribution < -0.4 is 0 Å². The summed E-state index contributed by atoms with van der Waals surface area (Å²) in [7, 11) is 0. The number of esters is 2. The lowest BCUT2D eigenvalue weighted by molar-refractivity contribution is -0.167. The van der Waals surface area contributed by atoms with Gasteiger partial charge in [0.2, 0.25) is 0 Å². The van der Waals surface area contributed by atoms with Gasteiger partial charge in [-0.15, -0.1) is 0 Å². The predicted molar refractivity (Wildman–Crippen MR) is 134 cm³/mol. The third kappa shape index (κ3) is 3.83. The number of rotatable bonds is 3. The second-order valence-electron chi connectivity index (χ2n) is 13.0. The second kappa shape index (κ2) is 8.75. The molecule has 1 aliphatic heterocycles. The summed E-state index contributed by atoms with van der Waals surface area (Å²) in [5.41, 5.74) is 3.32. The Morgan fingerprint density at radius 2 is 1.91 bits per heavy atom. The molecule has 0 bridgehead atoms. The highest BCUT2D eigenvalue weighted by atomic mass is 16.5. The van der Waals surface area contributed by atoms with Crippen LogP contribution in [0.2, 0.25) is 0 Å². The van der Waals surface area contributed by atoms with Crippen LogP contribution in [0.25, 0.3) is 0 Å². The zero-order valence-electron chi connectivity index (χ0n) is 22.4. The van der Waals surface area contributed by atoms with E-state index in [0.717, 1.165) is 24.8 Å². The van der Waals surface area contributed by atoms with E-state index in [1.54, 1.807) is 0 Å². The van der Waals surface area contributed by atoms with Crippen molar-refractivity contribution >= 4 is 11.9 Å². The molecule has 0 aromatic rings. The van der Waals surface area contributed by atoms with Gasteiger partial charge in [0, 0.05) is 30.8 Å². The molecule has 0 spiro atoms. The zero-order chi connectivity index (χ0) is 25.3. The van der Waals surface area contributed by atoms with E-state index in [2.05, 4.69) is 33.8 Å². The maximum atomic E-state index is 12.4. The summed E-state index contributed by atoms with van der Waals surface area (Å²) in [4.78, 5) is 24.4. The molecular weight excluding hydrogens is 440 g/mol. The smallest absolute Gasteiger partial charge is 0.333 e. The van der Waals surface area contributed by atoms with Crippen molar-refractivity contribution < 1.29 is 24.2 Å². The van der Waals surface area contributed by atoms with Gasteiger partial charge in [0.25, 0.3) is 0 Å². The SMILES string of the molecule is CC(=O)OC1CC(O)CC2=CCC3C4CCC(C(C)C5CC(C)=C(C)C(=O)O5)C4(C)CCC3C21C. The van der Waals surface area contributed by atoms with Gasteiger partial charge in [0.1, 0.15) is 12.2 Å². The molecule has 194 valence electrons. The number of aliphatic hydroxyl groups excluding tert-OH is 1. The highest BCUT2D eigenvalue weighted by molar-refractivity contribution is 5.89. The maximum Gasteiger partial charge on any atom is 0.333 e. The molecule has 1 N–H and O–H groups in total. The van der Waals surface area contributed by atoms with Gasteiger partial charge < -0.3 is 14.6 Å². The highest BCUT2D eigenvalue weighted by Crippen LogP contribution is 2.67. The van der Waals surface area contributed by atoms with Gasteiger partial charge >= 0.3 is 11.9 Å². The first-order valence-electron chi connectivity index (χ1n) is 13.9. The van der Waals surface area contributed by atoms with E-state index in [-0.39, 0.29) is 35.0 Å². The molecule has 0 aromatic carbocycles. The first-order valence-corrected chi connectivity index (χ1v) is 13.9. The third-order valence-corrected chi connectivity index (χ3v) is 11.5. The minimum absolute atomic E-state index is 0.0203. The summed E-state index contributed by atoms with van der Waals surface area (Å²) in [6.07, 6.45) is 9.58. The van der Waals surface area contributed by atoms with E-state index >= 15 is 0 Å². The molecule has 4 aliphatic carbocycles. The Morgan fingerprint density at radius 1 is 1.17 bits per heavy atom. The Morgan fingerprint density at radius 3 is 2.60 bits per heavy atom. The number of allylic oxidation sites excluding steroid dienone is 1. The number of aliphatic hydroxyl groups is 1. The lowest BCUT2D eigenvalue weighted by Crippen LogP contribution is -2.56. The van der Waals surface area contributed by atoms with Crippen LogP contribution >= 0.6 is 0 Å². The molecule has 0 amide bonds. The highest BCUT2D eigenvalue weighted by Gasteiger charge is 2.62. The number of hydrogen-bond acceptors (Lipinski definition) is 5. The van der Waals surface area contributed by atoms with E-state index in [0.29, 0.717) is 42.4 Å². The minimum Gasteiger partial charge on any atom is -0.462 e. The van der Waals surface area contributed by atoms with Crippen molar-refractivity contribution in [3.05, 3.63) is 22.8 Å². The molecule has 1 heterocycles. The van der Waals surface area contributed by atoms with Gasteiger partial charge in [0.15, 0.2) is 0 Å². The Labute approximate surface area is 210 Å². The fourth-order valence-electron chi connectivity index (χ4n) is 9.40. The average Bonchev–Trinajstić information content (AvgIpc) is 3.14. The molecule has 5 nitrogen and oxygen atoms in total. The van der Waals surface area contributed by atoms with Gasteiger partial charge in [-0.3, -0.25) is 4.79 Å². The molecular formula is C30H44O5.